The van der Waals surface area contributed by atoms with Gasteiger partial charge in [0, 0.05) is 18.0 Å². The maximum Gasteiger partial charge on any atom is 0.318 e. The van der Waals surface area contributed by atoms with Crippen molar-refractivity contribution in [2.24, 2.45) is 0 Å². The zero-order valence-corrected chi connectivity index (χ0v) is 12.5. The second kappa shape index (κ2) is 5.32. The lowest BCUT2D eigenvalue weighted by molar-refractivity contribution is 0.188. The Bertz CT molecular complexity index is 617. The molecular formula is C15H18N2O2S. The number of thiophene rings is 1. The summed E-state index contributed by atoms with van der Waals surface area (Å²) in [5.74, 6) is 1.66. The number of fused-ring (bicyclic) bond motifs is 1. The van der Waals surface area contributed by atoms with Crippen LogP contribution in [0.2, 0.25) is 0 Å². The first kappa shape index (κ1) is 13.2. The molecule has 20 heavy (non-hydrogen) atoms. The summed E-state index contributed by atoms with van der Waals surface area (Å²) in [5.41, 5.74) is 1.28. The monoisotopic (exact) mass is 290 g/mol. The van der Waals surface area contributed by atoms with Crippen molar-refractivity contribution < 1.29 is 9.21 Å². The molecule has 1 atom stereocenters. The van der Waals surface area contributed by atoms with E-state index in [0.29, 0.717) is 6.54 Å². The second-order valence-corrected chi connectivity index (χ2v) is 6.16. The van der Waals surface area contributed by atoms with Gasteiger partial charge in [-0.25, -0.2) is 4.79 Å². The van der Waals surface area contributed by atoms with Gasteiger partial charge in [-0.15, -0.1) is 11.3 Å². The molecule has 0 radical (unpaired) electrons. The van der Waals surface area contributed by atoms with Crippen LogP contribution in [-0.2, 0) is 13.0 Å². The van der Waals surface area contributed by atoms with E-state index in [-0.39, 0.29) is 12.1 Å². The Morgan fingerprint density at radius 1 is 1.45 bits per heavy atom. The van der Waals surface area contributed by atoms with Crippen LogP contribution in [0, 0.1) is 6.92 Å². The number of hydrogen-bond acceptors (Lipinski definition) is 3. The molecule has 0 spiro atoms. The molecule has 2 amide bonds. The second-order valence-electron chi connectivity index (χ2n) is 5.16. The topological polar surface area (TPSA) is 45.5 Å². The van der Waals surface area contributed by atoms with E-state index in [1.807, 2.05) is 30.9 Å². The lowest BCUT2D eigenvalue weighted by atomic mass is 10.1. The number of rotatable bonds is 2. The van der Waals surface area contributed by atoms with Crippen LogP contribution >= 0.6 is 11.3 Å². The van der Waals surface area contributed by atoms with Gasteiger partial charge in [0.25, 0.3) is 0 Å². The number of carbonyl (C=O) groups excluding carboxylic acids is 1. The largest absolute Gasteiger partial charge is 0.464 e. The summed E-state index contributed by atoms with van der Waals surface area (Å²) in [4.78, 5) is 15.6. The van der Waals surface area contributed by atoms with Gasteiger partial charge in [0.1, 0.15) is 11.5 Å². The van der Waals surface area contributed by atoms with E-state index >= 15 is 0 Å². The number of nitrogens with zero attached hydrogens (tertiary/aromatic N) is 1. The Morgan fingerprint density at radius 2 is 2.30 bits per heavy atom. The van der Waals surface area contributed by atoms with Gasteiger partial charge in [0.15, 0.2) is 0 Å². The van der Waals surface area contributed by atoms with E-state index < -0.39 is 0 Å². The fraction of sp³-hybridized carbons (Fsp3) is 0.400. The summed E-state index contributed by atoms with van der Waals surface area (Å²) < 4.78 is 5.55. The van der Waals surface area contributed by atoms with E-state index in [1.165, 1.54) is 10.4 Å². The summed E-state index contributed by atoms with van der Waals surface area (Å²) in [6.07, 6.45) is 0.953. The van der Waals surface area contributed by atoms with Crippen molar-refractivity contribution in [3.63, 3.8) is 0 Å². The molecule has 0 bridgehead atoms. The molecule has 0 saturated heterocycles. The summed E-state index contributed by atoms with van der Waals surface area (Å²) in [7, 11) is 0. The van der Waals surface area contributed by atoms with Crippen LogP contribution in [-0.4, -0.2) is 17.5 Å². The Morgan fingerprint density at radius 3 is 3.05 bits per heavy atom. The smallest absolute Gasteiger partial charge is 0.318 e. The van der Waals surface area contributed by atoms with Gasteiger partial charge >= 0.3 is 6.03 Å². The summed E-state index contributed by atoms with van der Waals surface area (Å²) in [6.45, 7) is 5.33. The standard InChI is InChI=1S/C15H18N2O2S/c1-10-3-4-13(19-10)11(2)16-15(18)17-7-5-14-12(9-17)6-8-20-14/h3-4,6,8,11H,5,7,9H2,1-2H3,(H,16,18)/t11-/m0/s1. The third-order valence-electron chi connectivity index (χ3n) is 3.62. The fourth-order valence-electron chi connectivity index (χ4n) is 2.46. The van der Waals surface area contributed by atoms with Crippen molar-refractivity contribution >= 4 is 17.4 Å². The summed E-state index contributed by atoms with van der Waals surface area (Å²) >= 11 is 1.78. The number of hydrogen-bond donors (Lipinski definition) is 1. The first-order chi connectivity index (χ1) is 9.63. The van der Waals surface area contributed by atoms with E-state index in [0.717, 1.165) is 24.5 Å². The van der Waals surface area contributed by atoms with Crippen LogP contribution in [0.25, 0.3) is 0 Å². The average Bonchev–Trinajstić information content (AvgIpc) is 3.05. The van der Waals surface area contributed by atoms with E-state index in [2.05, 4.69) is 16.8 Å². The number of amides is 2. The Kier molecular flexibility index (Phi) is 3.53. The van der Waals surface area contributed by atoms with Crippen molar-refractivity contribution in [3.8, 4) is 0 Å². The molecule has 1 N–H and O–H groups in total. The predicted octanol–water partition coefficient (Wildman–Crippen LogP) is 3.48. The lowest BCUT2D eigenvalue weighted by Crippen LogP contribution is -2.43. The highest BCUT2D eigenvalue weighted by Crippen LogP contribution is 2.24. The molecule has 106 valence electrons. The van der Waals surface area contributed by atoms with Crippen molar-refractivity contribution in [2.45, 2.75) is 32.9 Å². The van der Waals surface area contributed by atoms with Crippen molar-refractivity contribution in [3.05, 3.63) is 45.5 Å². The van der Waals surface area contributed by atoms with Crippen molar-refractivity contribution in [2.75, 3.05) is 6.54 Å². The quantitative estimate of drug-likeness (QED) is 0.920. The minimum Gasteiger partial charge on any atom is -0.464 e. The molecule has 1 aliphatic rings. The van der Waals surface area contributed by atoms with Crippen LogP contribution < -0.4 is 5.32 Å². The first-order valence-corrected chi connectivity index (χ1v) is 7.68. The Labute approximate surface area is 122 Å². The molecule has 2 aromatic rings. The van der Waals surface area contributed by atoms with Gasteiger partial charge in [-0.2, -0.15) is 0 Å². The highest BCUT2D eigenvalue weighted by atomic mass is 32.1. The first-order valence-electron chi connectivity index (χ1n) is 6.80. The molecule has 0 fully saturated rings. The van der Waals surface area contributed by atoms with Gasteiger partial charge in [-0.3, -0.25) is 0 Å². The Balaban J connectivity index is 1.63. The predicted molar refractivity (Wildman–Crippen MR) is 78.8 cm³/mol. The number of aryl methyl sites for hydroxylation is 1. The number of carbonyl (C=O) groups is 1. The average molecular weight is 290 g/mol. The van der Waals surface area contributed by atoms with Crippen molar-refractivity contribution in [1.29, 1.82) is 0 Å². The zero-order valence-electron chi connectivity index (χ0n) is 11.7. The number of furan rings is 1. The molecular weight excluding hydrogens is 272 g/mol. The molecule has 0 saturated carbocycles. The number of nitrogens with one attached hydrogen (secondary N) is 1. The molecule has 0 aliphatic carbocycles. The van der Waals surface area contributed by atoms with Crippen LogP contribution in [0.1, 0.15) is 34.9 Å². The van der Waals surface area contributed by atoms with Gasteiger partial charge in [0.2, 0.25) is 0 Å². The summed E-state index contributed by atoms with van der Waals surface area (Å²) in [6, 6.07) is 5.80. The third-order valence-corrected chi connectivity index (χ3v) is 4.65. The van der Waals surface area contributed by atoms with Crippen LogP contribution in [0.3, 0.4) is 0 Å². The minimum absolute atomic E-state index is 0.0246. The van der Waals surface area contributed by atoms with E-state index in [9.17, 15) is 4.79 Å². The molecule has 0 aromatic carbocycles. The van der Waals surface area contributed by atoms with Gasteiger partial charge < -0.3 is 14.6 Å². The van der Waals surface area contributed by atoms with Crippen LogP contribution in [0.4, 0.5) is 4.79 Å². The molecule has 1 aliphatic heterocycles. The molecule has 5 heteroatoms. The molecule has 4 nitrogen and oxygen atoms in total. The highest BCUT2D eigenvalue weighted by Gasteiger charge is 2.23. The SMILES string of the molecule is Cc1ccc([C@H](C)NC(=O)N2CCc3sccc3C2)o1. The van der Waals surface area contributed by atoms with E-state index in [1.54, 1.807) is 11.3 Å². The van der Waals surface area contributed by atoms with Crippen molar-refractivity contribution in [1.82, 2.24) is 10.2 Å². The van der Waals surface area contributed by atoms with Crippen LogP contribution in [0.15, 0.2) is 28.0 Å². The molecule has 0 unspecified atom stereocenters. The third kappa shape index (κ3) is 2.58. The summed E-state index contributed by atoms with van der Waals surface area (Å²) in [5, 5.41) is 5.10. The minimum atomic E-state index is -0.111. The zero-order chi connectivity index (χ0) is 14.1. The molecule has 3 heterocycles. The molecule has 3 rings (SSSR count). The normalized spacial score (nSPS) is 15.8. The van der Waals surface area contributed by atoms with Crippen LogP contribution in [0.5, 0.6) is 0 Å². The maximum atomic E-state index is 12.3. The number of urea groups is 1. The van der Waals surface area contributed by atoms with E-state index in [4.69, 9.17) is 4.42 Å². The van der Waals surface area contributed by atoms with Gasteiger partial charge in [-0.1, -0.05) is 0 Å². The Hall–Kier alpha value is -1.75. The van der Waals surface area contributed by atoms with Gasteiger partial charge in [-0.05, 0) is 49.4 Å². The van der Waals surface area contributed by atoms with Gasteiger partial charge in [0.05, 0.1) is 6.04 Å². The molecule has 2 aromatic heterocycles. The lowest BCUT2D eigenvalue weighted by Gasteiger charge is -2.28. The highest BCUT2D eigenvalue weighted by molar-refractivity contribution is 7.10. The fourth-order valence-corrected chi connectivity index (χ4v) is 3.35. The maximum absolute atomic E-state index is 12.3.